The van der Waals surface area contributed by atoms with Crippen LogP contribution in [-0.4, -0.2) is 20.8 Å². The van der Waals surface area contributed by atoms with Gasteiger partial charge in [0, 0.05) is 12.7 Å². The minimum atomic E-state index is -0.0866. The molecule has 0 spiro atoms. The van der Waals surface area contributed by atoms with Crippen LogP contribution in [0.1, 0.15) is 23.0 Å². The standard InChI is InChI=1S/C12H14N4O2/c1-8(17)11-5-9(13)3-4-12(11)18-7-10-6-16(2)15-14-10/h3-6H,7,13H2,1-2H3. The van der Waals surface area contributed by atoms with Gasteiger partial charge in [-0.15, -0.1) is 5.10 Å². The highest BCUT2D eigenvalue weighted by Crippen LogP contribution is 2.22. The molecule has 0 aliphatic carbocycles. The van der Waals surface area contributed by atoms with Crippen LogP contribution in [0.5, 0.6) is 5.75 Å². The van der Waals surface area contributed by atoms with Crippen molar-refractivity contribution >= 4 is 11.5 Å². The lowest BCUT2D eigenvalue weighted by Crippen LogP contribution is -2.03. The number of hydrogen-bond donors (Lipinski definition) is 1. The first-order valence-corrected chi connectivity index (χ1v) is 5.44. The molecule has 0 fully saturated rings. The number of nitrogen functional groups attached to an aromatic ring is 1. The molecule has 94 valence electrons. The van der Waals surface area contributed by atoms with Crippen LogP contribution >= 0.6 is 0 Å². The largest absolute Gasteiger partial charge is 0.486 e. The molecule has 0 atom stereocenters. The van der Waals surface area contributed by atoms with Crippen molar-refractivity contribution in [3.63, 3.8) is 0 Å². The molecule has 1 heterocycles. The normalized spacial score (nSPS) is 10.3. The maximum Gasteiger partial charge on any atom is 0.163 e. The first-order chi connectivity index (χ1) is 8.56. The van der Waals surface area contributed by atoms with Gasteiger partial charge in [0.1, 0.15) is 18.1 Å². The summed E-state index contributed by atoms with van der Waals surface area (Å²) < 4.78 is 7.15. The first kappa shape index (κ1) is 12.1. The lowest BCUT2D eigenvalue weighted by molar-refractivity contribution is 0.101. The quantitative estimate of drug-likeness (QED) is 0.647. The molecule has 1 aromatic heterocycles. The van der Waals surface area contributed by atoms with Gasteiger partial charge in [0.2, 0.25) is 0 Å². The van der Waals surface area contributed by atoms with E-state index in [0.29, 0.717) is 22.7 Å². The number of anilines is 1. The Morgan fingerprint density at radius 3 is 2.89 bits per heavy atom. The second-order valence-corrected chi connectivity index (χ2v) is 3.98. The summed E-state index contributed by atoms with van der Waals surface area (Å²) in [4.78, 5) is 11.5. The maximum atomic E-state index is 11.5. The fraction of sp³-hybridized carbons (Fsp3) is 0.250. The van der Waals surface area contributed by atoms with Crippen molar-refractivity contribution in [2.75, 3.05) is 5.73 Å². The summed E-state index contributed by atoms with van der Waals surface area (Å²) in [6.07, 6.45) is 1.75. The van der Waals surface area contributed by atoms with Gasteiger partial charge >= 0.3 is 0 Å². The zero-order chi connectivity index (χ0) is 13.1. The van der Waals surface area contributed by atoms with E-state index in [0.717, 1.165) is 0 Å². The predicted octanol–water partition coefficient (Wildman–Crippen LogP) is 1.18. The smallest absolute Gasteiger partial charge is 0.163 e. The van der Waals surface area contributed by atoms with Gasteiger partial charge in [0.05, 0.1) is 11.8 Å². The molecular weight excluding hydrogens is 232 g/mol. The monoisotopic (exact) mass is 246 g/mol. The molecule has 0 radical (unpaired) electrons. The van der Waals surface area contributed by atoms with Gasteiger partial charge in [-0.25, -0.2) is 0 Å². The number of carbonyl (C=O) groups is 1. The van der Waals surface area contributed by atoms with E-state index in [2.05, 4.69) is 10.3 Å². The second-order valence-electron chi connectivity index (χ2n) is 3.98. The van der Waals surface area contributed by atoms with Crippen LogP contribution in [0.2, 0.25) is 0 Å². The van der Waals surface area contributed by atoms with Crippen LogP contribution in [0.3, 0.4) is 0 Å². The molecule has 0 unspecified atom stereocenters. The first-order valence-electron chi connectivity index (χ1n) is 5.44. The molecule has 6 nitrogen and oxygen atoms in total. The van der Waals surface area contributed by atoms with Crippen LogP contribution in [0, 0.1) is 0 Å². The number of Topliss-reactive ketones (excluding diaryl/α,β-unsaturated/α-hetero) is 1. The van der Waals surface area contributed by atoms with Gasteiger partial charge in [-0.1, -0.05) is 5.21 Å². The van der Waals surface area contributed by atoms with Crippen molar-refractivity contribution in [3.8, 4) is 5.75 Å². The molecular formula is C12H14N4O2. The minimum absolute atomic E-state index is 0.0866. The molecule has 2 rings (SSSR count). The fourth-order valence-electron chi connectivity index (χ4n) is 1.56. The Balaban J connectivity index is 2.16. The van der Waals surface area contributed by atoms with E-state index in [1.165, 1.54) is 6.92 Å². The Kier molecular flexibility index (Phi) is 3.27. The lowest BCUT2D eigenvalue weighted by atomic mass is 10.1. The Bertz CT molecular complexity index is 577. The highest BCUT2D eigenvalue weighted by molar-refractivity contribution is 5.97. The summed E-state index contributed by atoms with van der Waals surface area (Å²) in [7, 11) is 1.78. The number of nitrogens with zero attached hydrogens (tertiary/aromatic N) is 3. The van der Waals surface area contributed by atoms with Crippen LogP contribution in [0.4, 0.5) is 5.69 Å². The fourth-order valence-corrected chi connectivity index (χ4v) is 1.56. The molecule has 0 aliphatic heterocycles. The van der Waals surface area contributed by atoms with Crippen molar-refractivity contribution in [1.82, 2.24) is 15.0 Å². The number of aromatic nitrogens is 3. The topological polar surface area (TPSA) is 83.0 Å². The molecule has 0 saturated carbocycles. The Morgan fingerprint density at radius 2 is 2.28 bits per heavy atom. The summed E-state index contributed by atoms with van der Waals surface area (Å²) in [5, 5.41) is 7.70. The Morgan fingerprint density at radius 1 is 1.50 bits per heavy atom. The number of rotatable bonds is 4. The highest BCUT2D eigenvalue weighted by atomic mass is 16.5. The van der Waals surface area contributed by atoms with E-state index in [1.54, 1.807) is 36.1 Å². The Labute approximate surface area is 104 Å². The summed E-state index contributed by atoms with van der Waals surface area (Å²) in [6.45, 7) is 1.74. The van der Waals surface area contributed by atoms with Crippen molar-refractivity contribution in [3.05, 3.63) is 35.7 Å². The maximum absolute atomic E-state index is 11.5. The van der Waals surface area contributed by atoms with Gasteiger partial charge in [0.15, 0.2) is 5.78 Å². The van der Waals surface area contributed by atoms with E-state index in [-0.39, 0.29) is 12.4 Å². The molecule has 0 aliphatic rings. The summed E-state index contributed by atoms with van der Waals surface area (Å²) in [5.74, 6) is 0.416. The third kappa shape index (κ3) is 2.65. The van der Waals surface area contributed by atoms with E-state index < -0.39 is 0 Å². The summed E-state index contributed by atoms with van der Waals surface area (Å²) in [6, 6.07) is 4.98. The second kappa shape index (κ2) is 4.87. The van der Waals surface area contributed by atoms with Crippen molar-refractivity contribution in [2.45, 2.75) is 13.5 Å². The molecule has 0 saturated heterocycles. The van der Waals surface area contributed by atoms with Crippen LogP contribution in [0.25, 0.3) is 0 Å². The van der Waals surface area contributed by atoms with E-state index in [9.17, 15) is 4.79 Å². The van der Waals surface area contributed by atoms with Crippen LogP contribution in [0.15, 0.2) is 24.4 Å². The van der Waals surface area contributed by atoms with Crippen LogP contribution < -0.4 is 10.5 Å². The zero-order valence-corrected chi connectivity index (χ0v) is 10.3. The third-order valence-corrected chi connectivity index (χ3v) is 2.41. The van der Waals surface area contributed by atoms with Gasteiger partial charge < -0.3 is 10.5 Å². The number of benzene rings is 1. The summed E-state index contributed by atoms with van der Waals surface area (Å²) in [5.41, 5.74) is 7.35. The average Bonchev–Trinajstić information content (AvgIpc) is 2.73. The predicted molar refractivity (Wildman–Crippen MR) is 66.2 cm³/mol. The highest BCUT2D eigenvalue weighted by Gasteiger charge is 2.10. The zero-order valence-electron chi connectivity index (χ0n) is 10.3. The number of ether oxygens (including phenoxy) is 1. The average molecular weight is 246 g/mol. The summed E-state index contributed by atoms with van der Waals surface area (Å²) >= 11 is 0. The number of carbonyl (C=O) groups excluding carboxylic acids is 1. The molecule has 0 amide bonds. The van der Waals surface area contributed by atoms with Crippen molar-refractivity contribution < 1.29 is 9.53 Å². The van der Waals surface area contributed by atoms with Gasteiger partial charge in [-0.05, 0) is 25.1 Å². The molecule has 2 aromatic rings. The lowest BCUT2D eigenvalue weighted by Gasteiger charge is -2.08. The number of hydrogen-bond acceptors (Lipinski definition) is 5. The number of nitrogens with two attached hydrogens (primary N) is 1. The minimum Gasteiger partial charge on any atom is -0.486 e. The van der Waals surface area contributed by atoms with E-state index in [4.69, 9.17) is 10.5 Å². The van der Waals surface area contributed by atoms with Gasteiger partial charge in [0.25, 0.3) is 0 Å². The van der Waals surface area contributed by atoms with Crippen molar-refractivity contribution in [1.29, 1.82) is 0 Å². The molecule has 6 heteroatoms. The third-order valence-electron chi connectivity index (χ3n) is 2.41. The number of aryl methyl sites for hydroxylation is 1. The van der Waals surface area contributed by atoms with E-state index in [1.807, 2.05) is 0 Å². The van der Waals surface area contributed by atoms with Gasteiger partial charge in [-0.2, -0.15) is 0 Å². The van der Waals surface area contributed by atoms with E-state index >= 15 is 0 Å². The number of ketones is 1. The Hall–Kier alpha value is -2.37. The van der Waals surface area contributed by atoms with Crippen molar-refractivity contribution in [2.24, 2.45) is 7.05 Å². The molecule has 1 aromatic carbocycles. The van der Waals surface area contributed by atoms with Crippen LogP contribution in [-0.2, 0) is 13.7 Å². The molecule has 18 heavy (non-hydrogen) atoms. The SMILES string of the molecule is CC(=O)c1cc(N)ccc1OCc1cn(C)nn1. The molecule has 2 N–H and O–H groups in total. The molecule has 0 bridgehead atoms. The van der Waals surface area contributed by atoms with Gasteiger partial charge in [-0.3, -0.25) is 9.48 Å².